The third-order valence-electron chi connectivity index (χ3n) is 5.19. The van der Waals surface area contributed by atoms with Crippen LogP contribution < -0.4 is 11.1 Å². The van der Waals surface area contributed by atoms with Crippen molar-refractivity contribution in [2.45, 2.75) is 19.9 Å². The topological polar surface area (TPSA) is 121 Å². The van der Waals surface area contributed by atoms with Crippen molar-refractivity contribution in [1.29, 1.82) is 0 Å². The van der Waals surface area contributed by atoms with Crippen LogP contribution in [-0.4, -0.2) is 46.9 Å². The highest BCUT2D eigenvalue weighted by Crippen LogP contribution is 2.41. The number of amides is 2. The molecule has 8 nitrogen and oxygen atoms in total. The fourth-order valence-corrected chi connectivity index (χ4v) is 4.44. The van der Waals surface area contributed by atoms with Crippen LogP contribution in [0.15, 0.2) is 53.0 Å². The van der Waals surface area contributed by atoms with Crippen LogP contribution >= 0.6 is 11.3 Å². The van der Waals surface area contributed by atoms with Crippen LogP contribution in [-0.2, 0) is 4.79 Å². The summed E-state index contributed by atoms with van der Waals surface area (Å²) in [6.07, 6.45) is 1.63. The Balaban J connectivity index is 0.00000132. The molecule has 1 aliphatic heterocycles. The molecule has 1 aromatic carbocycles. The number of carbonyl (C=O) groups excluding carboxylic acids is 2. The summed E-state index contributed by atoms with van der Waals surface area (Å²) < 4.78 is 0.848. The molecular weight excluding hydrogens is 414 g/mol. The van der Waals surface area contributed by atoms with Gasteiger partial charge < -0.3 is 16.2 Å². The number of aromatic nitrogens is 1. The Labute approximate surface area is 184 Å². The number of aliphatic hydroxyl groups excluding tert-OH is 1. The molecule has 0 bridgehead atoms. The van der Waals surface area contributed by atoms with Gasteiger partial charge in [0.25, 0.3) is 5.91 Å². The van der Waals surface area contributed by atoms with Crippen molar-refractivity contribution in [3.8, 4) is 0 Å². The highest BCUT2D eigenvalue weighted by Gasteiger charge is 2.44. The van der Waals surface area contributed by atoms with Crippen molar-refractivity contribution in [3.05, 3.63) is 59.2 Å². The molecule has 2 amide bonds. The van der Waals surface area contributed by atoms with Crippen molar-refractivity contribution >= 4 is 44.9 Å². The van der Waals surface area contributed by atoms with Crippen molar-refractivity contribution < 1.29 is 14.7 Å². The van der Waals surface area contributed by atoms with Crippen LogP contribution in [0.25, 0.3) is 10.1 Å². The molecule has 4 N–H and O–H groups in total. The number of pyridine rings is 1. The van der Waals surface area contributed by atoms with Crippen molar-refractivity contribution in [2.24, 2.45) is 16.1 Å². The minimum Gasteiger partial charge on any atom is -0.400 e. The first kappa shape index (κ1) is 22.4. The Morgan fingerprint density at radius 3 is 2.74 bits per heavy atom. The molecule has 3 heterocycles. The van der Waals surface area contributed by atoms with Gasteiger partial charge in [-0.2, -0.15) is 0 Å². The summed E-state index contributed by atoms with van der Waals surface area (Å²) in [6, 6.07) is 10.7. The van der Waals surface area contributed by atoms with E-state index in [0.29, 0.717) is 11.4 Å². The zero-order valence-corrected chi connectivity index (χ0v) is 18.6. The Bertz CT molecular complexity index is 1150. The summed E-state index contributed by atoms with van der Waals surface area (Å²) in [4.78, 5) is 35.6. The van der Waals surface area contributed by atoms with Gasteiger partial charge in [0.05, 0.1) is 16.2 Å². The fraction of sp³-hybridized carbons (Fsp3) is 0.273. The summed E-state index contributed by atoms with van der Waals surface area (Å²) in [5, 5.41) is 12.8. The second-order valence-electron chi connectivity index (χ2n) is 7.55. The quantitative estimate of drug-likeness (QED) is 0.579. The first-order chi connectivity index (χ1) is 14.8. The second kappa shape index (κ2) is 8.83. The highest BCUT2D eigenvalue weighted by molar-refractivity contribution is 7.17. The average Bonchev–Trinajstić information content (AvgIpc) is 3.25. The highest BCUT2D eigenvalue weighted by atomic mass is 32.1. The summed E-state index contributed by atoms with van der Waals surface area (Å²) >= 11 is 1.48. The molecule has 2 aromatic heterocycles. The Morgan fingerprint density at radius 2 is 2.00 bits per heavy atom. The molecule has 1 unspecified atom stereocenters. The molecule has 1 atom stereocenters. The van der Waals surface area contributed by atoms with Crippen LogP contribution in [0.3, 0.4) is 0 Å². The van der Waals surface area contributed by atoms with E-state index in [9.17, 15) is 9.59 Å². The number of fused-ring (bicyclic) bond motifs is 1. The summed E-state index contributed by atoms with van der Waals surface area (Å²) in [7, 11) is 2.62. The van der Waals surface area contributed by atoms with E-state index >= 15 is 0 Å². The van der Waals surface area contributed by atoms with E-state index < -0.39 is 11.5 Å². The third kappa shape index (κ3) is 4.14. The largest absolute Gasteiger partial charge is 0.400 e. The van der Waals surface area contributed by atoms with Gasteiger partial charge in [-0.1, -0.05) is 12.1 Å². The molecule has 0 spiro atoms. The Hall–Kier alpha value is -3.30. The lowest BCUT2D eigenvalue weighted by atomic mass is 9.78. The third-order valence-corrected chi connectivity index (χ3v) is 6.13. The van der Waals surface area contributed by atoms with Gasteiger partial charge in [-0.25, -0.2) is 9.98 Å². The minimum atomic E-state index is -0.760. The minimum absolute atomic E-state index is 0.0991. The van der Waals surface area contributed by atoms with Gasteiger partial charge in [0.15, 0.2) is 5.96 Å². The van der Waals surface area contributed by atoms with E-state index in [0.717, 1.165) is 22.8 Å². The lowest BCUT2D eigenvalue weighted by Gasteiger charge is -2.38. The number of anilines is 1. The number of thiophene rings is 1. The summed E-state index contributed by atoms with van der Waals surface area (Å²) in [5.41, 5.74) is 6.98. The molecule has 0 fully saturated rings. The lowest BCUT2D eigenvalue weighted by Crippen LogP contribution is -2.51. The van der Waals surface area contributed by atoms with Gasteiger partial charge in [0.1, 0.15) is 5.69 Å². The molecule has 31 heavy (non-hydrogen) atoms. The first-order valence-corrected chi connectivity index (χ1v) is 10.5. The molecule has 3 aromatic rings. The molecule has 1 aliphatic rings. The second-order valence-corrected chi connectivity index (χ2v) is 8.47. The van der Waals surface area contributed by atoms with Gasteiger partial charge >= 0.3 is 0 Å². The zero-order chi connectivity index (χ0) is 22.8. The normalized spacial score (nSPS) is 17.6. The predicted octanol–water partition coefficient (Wildman–Crippen LogP) is 3.01. The maximum atomic E-state index is 12.8. The van der Waals surface area contributed by atoms with Crippen molar-refractivity contribution in [3.63, 3.8) is 0 Å². The maximum absolute atomic E-state index is 12.8. The van der Waals surface area contributed by atoms with Crippen LogP contribution in [0.5, 0.6) is 0 Å². The summed E-state index contributed by atoms with van der Waals surface area (Å²) in [6.45, 7) is 3.69. The fourth-order valence-electron chi connectivity index (χ4n) is 3.56. The Kier molecular flexibility index (Phi) is 6.37. The monoisotopic (exact) mass is 439 g/mol. The number of hydrogen-bond donors (Lipinski definition) is 3. The van der Waals surface area contributed by atoms with Gasteiger partial charge in [-0.3, -0.25) is 14.5 Å². The van der Waals surface area contributed by atoms with Crippen molar-refractivity contribution in [2.75, 3.05) is 19.5 Å². The van der Waals surface area contributed by atoms with E-state index in [1.54, 1.807) is 19.3 Å². The maximum Gasteiger partial charge on any atom is 0.275 e. The number of aliphatic imine (C=N–C) groups is 1. The van der Waals surface area contributed by atoms with E-state index in [1.807, 2.05) is 49.6 Å². The van der Waals surface area contributed by atoms with Crippen LogP contribution in [0.2, 0.25) is 0 Å². The molecule has 162 valence electrons. The molecule has 0 saturated carbocycles. The number of hydrogen-bond acceptors (Lipinski definition) is 7. The SMILES string of the molecule is CN1C(=O)C(C)(C)C(c2cccc(NC(=O)c3nccc4ccsc34)c2)N=C1N.CO. The number of nitrogens with zero attached hydrogens (tertiary/aromatic N) is 3. The smallest absolute Gasteiger partial charge is 0.275 e. The molecule has 0 aliphatic carbocycles. The van der Waals surface area contributed by atoms with E-state index in [2.05, 4.69) is 15.3 Å². The molecule has 0 radical (unpaired) electrons. The number of benzene rings is 1. The number of nitrogens with two attached hydrogens (primary N) is 1. The van der Waals surface area contributed by atoms with E-state index in [4.69, 9.17) is 10.8 Å². The number of nitrogens with one attached hydrogen (secondary N) is 1. The van der Waals surface area contributed by atoms with Crippen molar-refractivity contribution in [1.82, 2.24) is 9.88 Å². The molecular formula is C22H25N5O3S. The number of guanidine groups is 1. The first-order valence-electron chi connectivity index (χ1n) is 9.58. The molecule has 0 saturated heterocycles. The average molecular weight is 440 g/mol. The predicted molar refractivity (Wildman–Crippen MR) is 123 cm³/mol. The zero-order valence-electron chi connectivity index (χ0n) is 17.8. The molecule has 9 heteroatoms. The van der Waals surface area contributed by atoms with E-state index in [-0.39, 0.29) is 17.8 Å². The van der Waals surface area contributed by atoms with Crippen LogP contribution in [0.1, 0.15) is 35.9 Å². The van der Waals surface area contributed by atoms with Crippen LogP contribution in [0.4, 0.5) is 5.69 Å². The van der Waals surface area contributed by atoms with Gasteiger partial charge in [-0.05, 0) is 54.4 Å². The van der Waals surface area contributed by atoms with Gasteiger partial charge in [0.2, 0.25) is 5.91 Å². The standard InChI is InChI=1S/C21H21N5O2S.CH4O/c1-21(2)17(25-20(22)26(3)19(21)28)13-5-4-6-14(11-13)24-18(27)15-16-12(7-9-23-15)8-10-29-16;1-2/h4-11,17H,1-3H3,(H2,22,25)(H,24,27);2H,1H3. The lowest BCUT2D eigenvalue weighted by molar-refractivity contribution is -0.137. The van der Waals surface area contributed by atoms with Gasteiger partial charge in [-0.15, -0.1) is 11.3 Å². The number of aliphatic hydroxyl groups is 1. The molecule has 4 rings (SSSR count). The Morgan fingerprint density at radius 1 is 1.26 bits per heavy atom. The number of carbonyl (C=O) groups is 2. The summed E-state index contributed by atoms with van der Waals surface area (Å²) in [5.74, 6) is -0.197. The van der Waals surface area contributed by atoms with E-state index in [1.165, 1.54) is 16.2 Å². The van der Waals surface area contributed by atoms with Crippen LogP contribution in [0, 0.1) is 5.41 Å². The number of rotatable bonds is 3. The van der Waals surface area contributed by atoms with Gasteiger partial charge in [0, 0.05) is 26.0 Å².